The van der Waals surface area contributed by atoms with Crippen LogP contribution >= 0.6 is 11.6 Å². The molecule has 0 bridgehead atoms. The van der Waals surface area contributed by atoms with Gasteiger partial charge in [0.2, 0.25) is 10.0 Å². The fourth-order valence-corrected chi connectivity index (χ4v) is 5.60. The Labute approximate surface area is 177 Å². The van der Waals surface area contributed by atoms with E-state index in [4.69, 9.17) is 16.3 Å². The van der Waals surface area contributed by atoms with Crippen LogP contribution in [0.2, 0.25) is 5.02 Å². The maximum absolute atomic E-state index is 13.2. The quantitative estimate of drug-likeness (QED) is 0.714. The zero-order chi connectivity index (χ0) is 21.2. The molecular formula is C21H25ClN2O4S. The Balaban J connectivity index is 1.96. The van der Waals surface area contributed by atoms with E-state index in [0.717, 1.165) is 5.69 Å². The second-order valence-corrected chi connectivity index (χ2v) is 9.42. The minimum absolute atomic E-state index is 0.0598. The molecule has 0 aliphatic carbocycles. The summed E-state index contributed by atoms with van der Waals surface area (Å²) in [5, 5.41) is 0.0936. The lowest BCUT2D eigenvalue weighted by Crippen LogP contribution is -2.48. The molecule has 0 aromatic heterocycles. The average molecular weight is 437 g/mol. The molecule has 3 rings (SSSR count). The molecule has 0 spiro atoms. The summed E-state index contributed by atoms with van der Waals surface area (Å²) in [5.74, 6) is -0.282. The number of hydrogen-bond donors (Lipinski definition) is 0. The Morgan fingerprint density at radius 2 is 1.76 bits per heavy atom. The van der Waals surface area contributed by atoms with E-state index in [1.165, 1.54) is 16.4 Å². The van der Waals surface area contributed by atoms with Crippen molar-refractivity contribution < 1.29 is 17.9 Å². The first-order chi connectivity index (χ1) is 13.7. The summed E-state index contributed by atoms with van der Waals surface area (Å²) in [5.41, 5.74) is 1.02. The number of benzene rings is 2. The number of rotatable bonds is 5. The van der Waals surface area contributed by atoms with Crippen molar-refractivity contribution >= 4 is 33.2 Å². The summed E-state index contributed by atoms with van der Waals surface area (Å²) in [6, 6.07) is 13.6. The van der Waals surface area contributed by atoms with E-state index in [-0.39, 0.29) is 46.7 Å². The third-order valence-electron chi connectivity index (χ3n) is 4.81. The SMILES string of the molecule is CCN(C(=O)c1ccc(Cl)c(S(=O)(=O)N2C[C@@H](C)O[C@H](C)C2)c1)c1ccccc1. The van der Waals surface area contributed by atoms with Gasteiger partial charge in [0.15, 0.2) is 0 Å². The van der Waals surface area contributed by atoms with E-state index < -0.39 is 10.0 Å². The molecule has 29 heavy (non-hydrogen) atoms. The zero-order valence-electron chi connectivity index (χ0n) is 16.7. The van der Waals surface area contributed by atoms with Gasteiger partial charge in [-0.15, -0.1) is 0 Å². The normalized spacial score (nSPS) is 20.4. The molecule has 8 heteroatoms. The summed E-state index contributed by atoms with van der Waals surface area (Å²) >= 11 is 6.25. The van der Waals surface area contributed by atoms with Gasteiger partial charge in [0, 0.05) is 30.9 Å². The van der Waals surface area contributed by atoms with Gasteiger partial charge in [0.25, 0.3) is 5.91 Å². The van der Waals surface area contributed by atoms with Gasteiger partial charge in [-0.05, 0) is 51.1 Å². The van der Waals surface area contributed by atoms with E-state index in [1.54, 1.807) is 11.0 Å². The van der Waals surface area contributed by atoms with Crippen molar-refractivity contribution in [3.05, 3.63) is 59.1 Å². The van der Waals surface area contributed by atoms with Gasteiger partial charge in [0.1, 0.15) is 4.90 Å². The highest BCUT2D eigenvalue weighted by atomic mass is 35.5. The van der Waals surface area contributed by atoms with Gasteiger partial charge >= 0.3 is 0 Å². The summed E-state index contributed by atoms with van der Waals surface area (Å²) in [6.45, 7) is 6.47. The second kappa shape index (κ2) is 8.83. The van der Waals surface area contributed by atoms with Crippen LogP contribution in [0.25, 0.3) is 0 Å². The smallest absolute Gasteiger partial charge is 0.258 e. The van der Waals surface area contributed by atoms with Crippen molar-refractivity contribution in [3.63, 3.8) is 0 Å². The molecule has 1 saturated heterocycles. The van der Waals surface area contributed by atoms with Gasteiger partial charge in [-0.2, -0.15) is 4.31 Å². The summed E-state index contributed by atoms with van der Waals surface area (Å²) < 4.78 is 33.5. The standard InChI is InChI=1S/C21H25ClN2O4S/c1-4-24(18-8-6-5-7-9-18)21(25)17-10-11-19(22)20(12-17)29(26,27)23-13-15(2)28-16(3)14-23/h5-12,15-16H,4,13-14H2,1-3H3/t15-,16-/m1/s1. The fourth-order valence-electron chi connectivity index (χ4n) is 3.51. The Morgan fingerprint density at radius 1 is 1.14 bits per heavy atom. The monoisotopic (exact) mass is 436 g/mol. The molecule has 1 heterocycles. The highest BCUT2D eigenvalue weighted by Gasteiger charge is 2.34. The maximum Gasteiger partial charge on any atom is 0.258 e. The molecule has 0 unspecified atom stereocenters. The van der Waals surface area contributed by atoms with E-state index in [9.17, 15) is 13.2 Å². The van der Waals surface area contributed by atoms with Crippen LogP contribution in [-0.4, -0.2) is 50.5 Å². The van der Waals surface area contributed by atoms with Crippen molar-refractivity contribution in [2.45, 2.75) is 37.9 Å². The van der Waals surface area contributed by atoms with Crippen molar-refractivity contribution in [2.75, 3.05) is 24.5 Å². The Hall–Kier alpha value is -1.93. The Morgan fingerprint density at radius 3 is 2.34 bits per heavy atom. The van der Waals surface area contributed by atoms with Crippen LogP contribution in [-0.2, 0) is 14.8 Å². The molecule has 156 valence electrons. The van der Waals surface area contributed by atoms with Crippen LogP contribution in [0.4, 0.5) is 5.69 Å². The van der Waals surface area contributed by atoms with E-state index >= 15 is 0 Å². The van der Waals surface area contributed by atoms with Gasteiger partial charge in [-0.3, -0.25) is 4.79 Å². The number of halogens is 1. The average Bonchev–Trinajstić information content (AvgIpc) is 2.68. The maximum atomic E-state index is 13.2. The van der Waals surface area contributed by atoms with E-state index in [2.05, 4.69) is 0 Å². The fraction of sp³-hybridized carbons (Fsp3) is 0.381. The number of carbonyl (C=O) groups excluding carboxylic acids is 1. The molecule has 2 aromatic carbocycles. The molecule has 2 atom stereocenters. The Bertz CT molecular complexity index is 971. The predicted octanol–water partition coefficient (Wildman–Crippen LogP) is 3.80. The van der Waals surface area contributed by atoms with Crippen LogP contribution in [0.3, 0.4) is 0 Å². The first-order valence-corrected chi connectivity index (χ1v) is 11.4. The third kappa shape index (κ3) is 4.64. The lowest BCUT2D eigenvalue weighted by atomic mass is 10.2. The number of anilines is 1. The molecule has 1 aliphatic rings. The van der Waals surface area contributed by atoms with Gasteiger partial charge in [-0.1, -0.05) is 29.8 Å². The summed E-state index contributed by atoms with van der Waals surface area (Å²) in [6.07, 6.45) is -0.434. The number of hydrogen-bond acceptors (Lipinski definition) is 4. The van der Waals surface area contributed by atoms with Gasteiger partial charge < -0.3 is 9.64 Å². The van der Waals surface area contributed by atoms with Crippen LogP contribution < -0.4 is 4.90 Å². The number of sulfonamides is 1. The third-order valence-corrected chi connectivity index (χ3v) is 7.12. The van der Waals surface area contributed by atoms with Crippen LogP contribution in [0.5, 0.6) is 0 Å². The predicted molar refractivity (Wildman–Crippen MR) is 114 cm³/mol. The lowest BCUT2D eigenvalue weighted by molar-refractivity contribution is -0.0440. The van der Waals surface area contributed by atoms with E-state index in [1.807, 2.05) is 51.1 Å². The largest absolute Gasteiger partial charge is 0.373 e. The van der Waals surface area contributed by atoms with E-state index in [0.29, 0.717) is 6.54 Å². The van der Waals surface area contributed by atoms with Gasteiger partial charge in [-0.25, -0.2) is 8.42 Å². The molecule has 6 nitrogen and oxygen atoms in total. The molecule has 0 N–H and O–H groups in total. The topological polar surface area (TPSA) is 66.9 Å². The minimum atomic E-state index is -3.86. The number of morpholine rings is 1. The molecule has 1 amide bonds. The zero-order valence-corrected chi connectivity index (χ0v) is 18.3. The van der Waals surface area contributed by atoms with Gasteiger partial charge in [0.05, 0.1) is 17.2 Å². The Kier molecular flexibility index (Phi) is 6.63. The van der Waals surface area contributed by atoms with Crippen molar-refractivity contribution in [1.29, 1.82) is 0 Å². The minimum Gasteiger partial charge on any atom is -0.373 e. The first kappa shape index (κ1) is 21.8. The number of para-hydroxylation sites is 1. The van der Waals surface area contributed by atoms with Crippen LogP contribution in [0.1, 0.15) is 31.1 Å². The summed E-state index contributed by atoms with van der Waals surface area (Å²) in [4.78, 5) is 14.6. The molecule has 1 aliphatic heterocycles. The second-order valence-electron chi connectivity index (χ2n) is 7.11. The number of carbonyl (C=O) groups is 1. The summed E-state index contributed by atoms with van der Waals surface area (Å²) in [7, 11) is -3.86. The molecule has 0 saturated carbocycles. The van der Waals surface area contributed by atoms with Crippen LogP contribution in [0, 0.1) is 0 Å². The highest BCUT2D eigenvalue weighted by molar-refractivity contribution is 7.89. The number of ether oxygens (including phenoxy) is 1. The first-order valence-electron chi connectivity index (χ1n) is 9.56. The molecule has 1 fully saturated rings. The molecule has 0 radical (unpaired) electrons. The highest BCUT2D eigenvalue weighted by Crippen LogP contribution is 2.29. The van der Waals surface area contributed by atoms with Crippen molar-refractivity contribution in [1.82, 2.24) is 4.31 Å². The number of amides is 1. The van der Waals surface area contributed by atoms with Crippen molar-refractivity contribution in [3.8, 4) is 0 Å². The number of nitrogens with zero attached hydrogens (tertiary/aromatic N) is 2. The lowest BCUT2D eigenvalue weighted by Gasteiger charge is -2.34. The van der Waals surface area contributed by atoms with Crippen LogP contribution in [0.15, 0.2) is 53.4 Å². The van der Waals surface area contributed by atoms with Crippen molar-refractivity contribution in [2.24, 2.45) is 0 Å². The molecular weight excluding hydrogens is 412 g/mol. The molecule has 2 aromatic rings.